The monoisotopic (exact) mass is 258 g/mol. The summed E-state index contributed by atoms with van der Waals surface area (Å²) in [5, 5.41) is 16.0. The molecule has 0 aliphatic heterocycles. The van der Waals surface area contributed by atoms with E-state index in [0.717, 1.165) is 0 Å². The van der Waals surface area contributed by atoms with Crippen LogP contribution in [0.25, 0.3) is 11.3 Å². The van der Waals surface area contributed by atoms with Gasteiger partial charge >= 0.3 is 5.97 Å². The fraction of sp³-hybridized carbons (Fsp3) is 0. The molecule has 0 atom stereocenters. The van der Waals surface area contributed by atoms with E-state index in [0.29, 0.717) is 0 Å². The molecule has 0 radical (unpaired) electrons. The molecule has 2 heterocycles. The summed E-state index contributed by atoms with van der Waals surface area (Å²) in [6, 6.07) is 3.03. The molecule has 16 heavy (non-hydrogen) atoms. The van der Waals surface area contributed by atoms with Gasteiger partial charge in [-0.1, -0.05) is 11.6 Å². The summed E-state index contributed by atoms with van der Waals surface area (Å²) < 4.78 is 5.09. The Hall–Kier alpha value is -1.59. The topological polar surface area (TPSA) is 76.2 Å². The van der Waals surface area contributed by atoms with E-state index >= 15 is 0 Å². The standard InChI is InChI=1S/C9H4Cl2N2O3/c10-6-2-1-5(16-6)4-3-12-13-8(11)7(4)9(14)15/h1-3H,(H,14,15). The maximum absolute atomic E-state index is 11.0. The minimum absolute atomic E-state index is 0.152. The molecular formula is C9H4Cl2N2O3. The summed E-state index contributed by atoms with van der Waals surface area (Å²) in [5.74, 6) is -0.929. The van der Waals surface area contributed by atoms with Crippen molar-refractivity contribution in [2.45, 2.75) is 0 Å². The van der Waals surface area contributed by atoms with Crippen LogP contribution >= 0.6 is 23.2 Å². The van der Waals surface area contributed by atoms with Crippen LogP contribution in [0.2, 0.25) is 10.4 Å². The maximum atomic E-state index is 11.0. The number of hydrogen-bond donors (Lipinski definition) is 1. The Morgan fingerprint density at radius 2 is 2.12 bits per heavy atom. The molecule has 0 saturated carbocycles. The van der Waals surface area contributed by atoms with Gasteiger partial charge in [0.15, 0.2) is 10.4 Å². The molecule has 0 fully saturated rings. The zero-order chi connectivity index (χ0) is 11.7. The van der Waals surface area contributed by atoms with Crippen molar-refractivity contribution in [1.82, 2.24) is 10.2 Å². The third-order valence-corrected chi connectivity index (χ3v) is 2.33. The van der Waals surface area contributed by atoms with Gasteiger partial charge in [-0.15, -0.1) is 5.10 Å². The molecule has 0 aliphatic rings. The Bertz CT molecular complexity index is 553. The molecular weight excluding hydrogens is 255 g/mol. The van der Waals surface area contributed by atoms with Gasteiger partial charge in [-0.05, 0) is 23.7 Å². The number of rotatable bonds is 2. The lowest BCUT2D eigenvalue weighted by atomic mass is 10.1. The Kier molecular flexibility index (Phi) is 2.80. The van der Waals surface area contributed by atoms with E-state index < -0.39 is 5.97 Å². The SMILES string of the molecule is O=C(O)c1c(-c2ccc(Cl)o2)cnnc1Cl. The first-order valence-electron chi connectivity index (χ1n) is 4.10. The van der Waals surface area contributed by atoms with Gasteiger partial charge in [0.25, 0.3) is 0 Å². The highest BCUT2D eigenvalue weighted by Gasteiger charge is 2.19. The normalized spacial score (nSPS) is 10.4. The summed E-state index contributed by atoms with van der Waals surface area (Å²) in [6.07, 6.45) is 1.25. The molecule has 7 heteroatoms. The average Bonchev–Trinajstić information content (AvgIpc) is 2.63. The number of halogens is 2. The molecule has 2 rings (SSSR count). The third kappa shape index (κ3) is 1.87. The van der Waals surface area contributed by atoms with Gasteiger partial charge in [-0.25, -0.2) is 4.79 Å². The van der Waals surface area contributed by atoms with Crippen LogP contribution in [0.15, 0.2) is 22.7 Å². The van der Waals surface area contributed by atoms with Gasteiger partial charge in [-0.2, -0.15) is 5.10 Å². The number of carboxylic acid groups (broad SMARTS) is 1. The van der Waals surface area contributed by atoms with Crippen molar-refractivity contribution in [3.63, 3.8) is 0 Å². The minimum atomic E-state index is -1.21. The lowest BCUT2D eigenvalue weighted by Gasteiger charge is -2.02. The second kappa shape index (κ2) is 4.11. The summed E-state index contributed by atoms with van der Waals surface area (Å²) in [6.45, 7) is 0. The Morgan fingerprint density at radius 3 is 2.69 bits per heavy atom. The minimum Gasteiger partial charge on any atom is -0.478 e. The molecule has 0 unspecified atom stereocenters. The van der Waals surface area contributed by atoms with Crippen molar-refractivity contribution in [3.8, 4) is 11.3 Å². The van der Waals surface area contributed by atoms with Gasteiger partial charge in [0, 0.05) is 0 Å². The van der Waals surface area contributed by atoms with Crippen LogP contribution in [0.3, 0.4) is 0 Å². The van der Waals surface area contributed by atoms with Gasteiger partial charge < -0.3 is 9.52 Å². The number of aromatic nitrogens is 2. The van der Waals surface area contributed by atoms with E-state index in [9.17, 15) is 4.79 Å². The molecule has 2 aromatic rings. The number of nitrogens with zero attached hydrogens (tertiary/aromatic N) is 2. The van der Waals surface area contributed by atoms with Crippen molar-refractivity contribution in [1.29, 1.82) is 0 Å². The van der Waals surface area contributed by atoms with Crippen molar-refractivity contribution in [3.05, 3.63) is 34.3 Å². The Balaban J connectivity index is 2.65. The summed E-state index contributed by atoms with van der Waals surface area (Å²) in [7, 11) is 0. The molecule has 5 nitrogen and oxygen atoms in total. The number of hydrogen-bond acceptors (Lipinski definition) is 4. The first-order valence-corrected chi connectivity index (χ1v) is 4.85. The quantitative estimate of drug-likeness (QED) is 0.897. The largest absolute Gasteiger partial charge is 0.478 e. The Morgan fingerprint density at radius 1 is 1.38 bits per heavy atom. The van der Waals surface area contributed by atoms with E-state index in [1.165, 1.54) is 18.3 Å². The van der Waals surface area contributed by atoms with E-state index in [1.54, 1.807) is 0 Å². The van der Waals surface area contributed by atoms with Crippen molar-refractivity contribution >= 4 is 29.2 Å². The number of carboxylic acids is 1. The van der Waals surface area contributed by atoms with Crippen LogP contribution in [0.4, 0.5) is 0 Å². The highest BCUT2D eigenvalue weighted by Crippen LogP contribution is 2.29. The molecule has 2 aromatic heterocycles. The van der Waals surface area contributed by atoms with E-state index in [2.05, 4.69) is 10.2 Å². The molecule has 0 aromatic carbocycles. The van der Waals surface area contributed by atoms with Crippen LogP contribution in [-0.4, -0.2) is 21.3 Å². The molecule has 0 spiro atoms. The van der Waals surface area contributed by atoms with Crippen molar-refractivity contribution in [2.75, 3.05) is 0 Å². The molecule has 82 valence electrons. The van der Waals surface area contributed by atoms with Crippen LogP contribution < -0.4 is 0 Å². The van der Waals surface area contributed by atoms with Gasteiger partial charge in [-0.3, -0.25) is 0 Å². The summed E-state index contributed by atoms with van der Waals surface area (Å²) >= 11 is 11.3. The van der Waals surface area contributed by atoms with Gasteiger partial charge in [0.2, 0.25) is 0 Å². The maximum Gasteiger partial charge on any atom is 0.339 e. The molecule has 1 N–H and O–H groups in total. The second-order valence-electron chi connectivity index (χ2n) is 2.83. The van der Waals surface area contributed by atoms with E-state index in [1.807, 2.05) is 0 Å². The number of carbonyl (C=O) groups is 1. The van der Waals surface area contributed by atoms with Gasteiger partial charge in [0.1, 0.15) is 11.3 Å². The number of furan rings is 1. The van der Waals surface area contributed by atoms with Crippen molar-refractivity contribution in [2.24, 2.45) is 0 Å². The van der Waals surface area contributed by atoms with Crippen LogP contribution in [-0.2, 0) is 0 Å². The predicted molar refractivity (Wildman–Crippen MR) is 56.7 cm³/mol. The lowest BCUT2D eigenvalue weighted by Crippen LogP contribution is -2.03. The van der Waals surface area contributed by atoms with Crippen LogP contribution in [0, 0.1) is 0 Å². The summed E-state index contributed by atoms with van der Waals surface area (Å²) in [4.78, 5) is 11.0. The number of aromatic carboxylic acids is 1. The third-order valence-electron chi connectivity index (χ3n) is 1.86. The zero-order valence-electron chi connectivity index (χ0n) is 7.65. The highest BCUT2D eigenvalue weighted by molar-refractivity contribution is 6.33. The zero-order valence-corrected chi connectivity index (χ0v) is 9.16. The first kappa shape index (κ1) is 10.9. The fourth-order valence-electron chi connectivity index (χ4n) is 1.21. The lowest BCUT2D eigenvalue weighted by molar-refractivity contribution is 0.0697. The van der Waals surface area contributed by atoms with Crippen LogP contribution in [0.1, 0.15) is 10.4 Å². The van der Waals surface area contributed by atoms with Crippen molar-refractivity contribution < 1.29 is 14.3 Å². The molecule has 0 amide bonds. The Labute approximate surface area is 99.6 Å². The first-order chi connectivity index (χ1) is 7.59. The predicted octanol–water partition coefficient (Wildman–Crippen LogP) is 2.74. The second-order valence-corrected chi connectivity index (χ2v) is 3.56. The average molecular weight is 259 g/mol. The molecule has 0 saturated heterocycles. The van der Waals surface area contributed by atoms with Gasteiger partial charge in [0.05, 0.1) is 11.8 Å². The summed E-state index contributed by atoms with van der Waals surface area (Å²) in [5.41, 5.74) is 0.0714. The van der Waals surface area contributed by atoms with Crippen LogP contribution in [0.5, 0.6) is 0 Å². The smallest absolute Gasteiger partial charge is 0.339 e. The van der Waals surface area contributed by atoms with E-state index in [4.69, 9.17) is 32.7 Å². The molecule has 0 bridgehead atoms. The van der Waals surface area contributed by atoms with E-state index in [-0.39, 0.29) is 27.3 Å². The highest BCUT2D eigenvalue weighted by atomic mass is 35.5. The molecule has 0 aliphatic carbocycles. The fourth-order valence-corrected chi connectivity index (χ4v) is 1.58.